The van der Waals surface area contributed by atoms with Gasteiger partial charge < -0.3 is 9.42 Å². The van der Waals surface area contributed by atoms with E-state index in [9.17, 15) is 4.91 Å². The first kappa shape index (κ1) is 16.3. The number of benzene rings is 1. The Bertz CT molecular complexity index is 624. The van der Waals surface area contributed by atoms with Gasteiger partial charge in [-0.1, -0.05) is 40.7 Å². The zero-order valence-corrected chi connectivity index (χ0v) is 14.5. The maximum absolute atomic E-state index is 11.1. The molecule has 23 heavy (non-hydrogen) atoms. The Morgan fingerprint density at radius 1 is 1.30 bits per heavy atom. The predicted molar refractivity (Wildman–Crippen MR) is 92.0 cm³/mol. The maximum atomic E-state index is 11.1. The molecule has 0 spiro atoms. The number of hydrogen-bond acceptors (Lipinski definition) is 5. The van der Waals surface area contributed by atoms with E-state index in [4.69, 9.17) is 4.52 Å². The third-order valence-electron chi connectivity index (χ3n) is 4.46. The molecule has 0 bridgehead atoms. The number of aromatic nitrogens is 1. The first-order valence-electron chi connectivity index (χ1n) is 7.95. The van der Waals surface area contributed by atoms with Crippen molar-refractivity contribution < 1.29 is 4.52 Å². The summed E-state index contributed by atoms with van der Waals surface area (Å²) in [5, 5.41) is 6.97. The Balaban J connectivity index is 1.49. The highest BCUT2D eigenvalue weighted by atomic mass is 79.9. The molecule has 0 amide bonds. The van der Waals surface area contributed by atoms with Gasteiger partial charge in [0.1, 0.15) is 4.60 Å². The molecule has 2 aromatic rings. The predicted octanol–water partition coefficient (Wildman–Crippen LogP) is 4.20. The standard InChI is InChI=1S/C17H20BrN3O2/c18-17-11-16(23-20-17)15(19-22)12-21-8-6-14(7-9-21)10-13-4-2-1-3-5-13/h1-5,11,14-15H,6-10,12H2. The topological polar surface area (TPSA) is 58.7 Å². The summed E-state index contributed by atoms with van der Waals surface area (Å²) in [5.74, 6) is 1.24. The molecule has 0 aliphatic carbocycles. The van der Waals surface area contributed by atoms with E-state index in [0.29, 0.717) is 16.9 Å². The molecule has 1 saturated heterocycles. The Hall–Kier alpha value is -1.53. The maximum Gasteiger partial charge on any atom is 0.167 e. The van der Waals surface area contributed by atoms with Crippen molar-refractivity contribution in [3.05, 3.63) is 57.2 Å². The van der Waals surface area contributed by atoms with Gasteiger partial charge in [0.25, 0.3) is 0 Å². The molecule has 1 unspecified atom stereocenters. The highest BCUT2D eigenvalue weighted by molar-refractivity contribution is 9.10. The van der Waals surface area contributed by atoms with Gasteiger partial charge >= 0.3 is 0 Å². The zero-order valence-electron chi connectivity index (χ0n) is 12.9. The lowest BCUT2D eigenvalue weighted by Gasteiger charge is -2.32. The minimum absolute atomic E-state index is 0.487. The Morgan fingerprint density at radius 3 is 2.65 bits per heavy atom. The lowest BCUT2D eigenvalue weighted by molar-refractivity contribution is 0.168. The van der Waals surface area contributed by atoms with Gasteiger partial charge in [0.2, 0.25) is 0 Å². The van der Waals surface area contributed by atoms with Crippen molar-refractivity contribution in [3.8, 4) is 0 Å². The monoisotopic (exact) mass is 377 g/mol. The van der Waals surface area contributed by atoms with Gasteiger partial charge in [0.15, 0.2) is 11.8 Å². The van der Waals surface area contributed by atoms with Crippen LogP contribution >= 0.6 is 15.9 Å². The van der Waals surface area contributed by atoms with Gasteiger partial charge in [0.05, 0.1) is 0 Å². The summed E-state index contributed by atoms with van der Waals surface area (Å²) in [5.41, 5.74) is 1.41. The van der Waals surface area contributed by atoms with E-state index < -0.39 is 6.04 Å². The highest BCUT2D eigenvalue weighted by Crippen LogP contribution is 2.26. The summed E-state index contributed by atoms with van der Waals surface area (Å²) in [6.45, 7) is 2.60. The molecule has 6 heteroatoms. The summed E-state index contributed by atoms with van der Waals surface area (Å²) in [6.07, 6.45) is 3.44. The molecule has 1 fully saturated rings. The largest absolute Gasteiger partial charge is 0.358 e. The Morgan fingerprint density at radius 2 is 2.04 bits per heavy atom. The van der Waals surface area contributed by atoms with E-state index in [0.717, 1.165) is 38.3 Å². The SMILES string of the molecule is O=NC(CN1CCC(Cc2ccccc2)CC1)c1cc(Br)no1. The van der Waals surface area contributed by atoms with Crippen LogP contribution in [0.25, 0.3) is 0 Å². The molecular formula is C17H20BrN3O2. The zero-order chi connectivity index (χ0) is 16.1. The average Bonchev–Trinajstić information content (AvgIpc) is 3.01. The summed E-state index contributed by atoms with van der Waals surface area (Å²) >= 11 is 3.23. The lowest BCUT2D eigenvalue weighted by atomic mass is 9.90. The van der Waals surface area contributed by atoms with E-state index in [1.165, 1.54) is 5.56 Å². The number of rotatable bonds is 6. The van der Waals surface area contributed by atoms with E-state index in [-0.39, 0.29) is 0 Å². The number of halogens is 1. The molecule has 1 aliphatic heterocycles. The summed E-state index contributed by atoms with van der Waals surface area (Å²) in [6, 6.07) is 11.9. The molecule has 1 atom stereocenters. The second-order valence-electron chi connectivity index (χ2n) is 6.11. The molecular weight excluding hydrogens is 358 g/mol. The van der Waals surface area contributed by atoms with Crippen molar-refractivity contribution in [1.29, 1.82) is 0 Å². The minimum Gasteiger partial charge on any atom is -0.358 e. The molecule has 1 aromatic heterocycles. The van der Waals surface area contributed by atoms with Crippen LogP contribution in [-0.4, -0.2) is 29.7 Å². The van der Waals surface area contributed by atoms with Crippen molar-refractivity contribution in [2.75, 3.05) is 19.6 Å². The van der Waals surface area contributed by atoms with Gasteiger partial charge in [0, 0.05) is 12.6 Å². The number of piperidine rings is 1. The van der Waals surface area contributed by atoms with Crippen LogP contribution in [0.15, 0.2) is 50.7 Å². The first-order chi connectivity index (χ1) is 11.2. The van der Waals surface area contributed by atoms with Crippen LogP contribution in [0.2, 0.25) is 0 Å². The van der Waals surface area contributed by atoms with Crippen molar-refractivity contribution >= 4 is 15.9 Å². The molecule has 1 aliphatic rings. The van der Waals surface area contributed by atoms with Crippen LogP contribution < -0.4 is 0 Å². The number of nitrogens with zero attached hydrogens (tertiary/aromatic N) is 3. The fraction of sp³-hybridized carbons (Fsp3) is 0.471. The third kappa shape index (κ3) is 4.48. The van der Waals surface area contributed by atoms with Gasteiger partial charge in [-0.15, -0.1) is 4.91 Å². The average molecular weight is 378 g/mol. The van der Waals surface area contributed by atoms with Crippen LogP contribution in [0.3, 0.4) is 0 Å². The molecule has 0 radical (unpaired) electrons. The van der Waals surface area contributed by atoms with E-state index >= 15 is 0 Å². The van der Waals surface area contributed by atoms with Crippen molar-refractivity contribution in [2.24, 2.45) is 11.1 Å². The normalized spacial score (nSPS) is 18.0. The molecule has 2 heterocycles. The minimum atomic E-state index is -0.487. The molecule has 5 nitrogen and oxygen atoms in total. The molecule has 122 valence electrons. The molecule has 0 N–H and O–H groups in total. The molecule has 0 saturated carbocycles. The third-order valence-corrected chi connectivity index (χ3v) is 4.83. The van der Waals surface area contributed by atoms with Crippen LogP contribution in [0.5, 0.6) is 0 Å². The fourth-order valence-electron chi connectivity index (χ4n) is 3.16. The number of nitroso groups, excluding NO2 is 1. The van der Waals surface area contributed by atoms with Gasteiger partial charge in [-0.05, 0) is 59.8 Å². The fourth-order valence-corrected chi connectivity index (χ4v) is 3.46. The van der Waals surface area contributed by atoms with E-state index in [1.54, 1.807) is 6.07 Å². The summed E-state index contributed by atoms with van der Waals surface area (Å²) in [7, 11) is 0. The number of likely N-dealkylation sites (tertiary alicyclic amines) is 1. The Labute approximate surface area is 144 Å². The van der Waals surface area contributed by atoms with Crippen LogP contribution in [0.4, 0.5) is 0 Å². The van der Waals surface area contributed by atoms with Gasteiger partial charge in [-0.25, -0.2) is 0 Å². The number of hydrogen-bond donors (Lipinski definition) is 0. The molecule has 1 aromatic carbocycles. The lowest BCUT2D eigenvalue weighted by Crippen LogP contribution is -2.36. The quantitative estimate of drug-likeness (QED) is 0.707. The van der Waals surface area contributed by atoms with Crippen LogP contribution in [-0.2, 0) is 6.42 Å². The van der Waals surface area contributed by atoms with Crippen molar-refractivity contribution in [3.63, 3.8) is 0 Å². The van der Waals surface area contributed by atoms with E-state index in [1.807, 2.05) is 0 Å². The van der Waals surface area contributed by atoms with E-state index in [2.05, 4.69) is 61.5 Å². The summed E-state index contributed by atoms with van der Waals surface area (Å²) in [4.78, 5) is 13.4. The van der Waals surface area contributed by atoms with Gasteiger partial charge in [-0.2, -0.15) is 0 Å². The highest BCUT2D eigenvalue weighted by Gasteiger charge is 2.25. The Kier molecular flexibility index (Phi) is 5.56. The smallest absolute Gasteiger partial charge is 0.167 e. The van der Waals surface area contributed by atoms with Crippen molar-refractivity contribution in [2.45, 2.75) is 25.3 Å². The van der Waals surface area contributed by atoms with Gasteiger partial charge in [-0.3, -0.25) is 0 Å². The van der Waals surface area contributed by atoms with Crippen molar-refractivity contribution in [1.82, 2.24) is 10.1 Å². The van der Waals surface area contributed by atoms with Crippen LogP contribution in [0.1, 0.15) is 30.2 Å². The van der Waals surface area contributed by atoms with Crippen LogP contribution in [0, 0.1) is 10.8 Å². The second-order valence-corrected chi connectivity index (χ2v) is 6.92. The second kappa shape index (κ2) is 7.84. The first-order valence-corrected chi connectivity index (χ1v) is 8.74. The summed E-state index contributed by atoms with van der Waals surface area (Å²) < 4.78 is 5.74. The molecule has 3 rings (SSSR count).